The Morgan fingerprint density at radius 3 is 2.94 bits per heavy atom. The first-order chi connectivity index (χ1) is 8.67. The van der Waals surface area contributed by atoms with Crippen molar-refractivity contribution in [3.05, 3.63) is 28.8 Å². The molecule has 1 fully saturated rings. The zero-order valence-corrected chi connectivity index (χ0v) is 11.3. The van der Waals surface area contributed by atoms with Crippen LogP contribution in [0.15, 0.2) is 18.2 Å². The highest BCUT2D eigenvalue weighted by Crippen LogP contribution is 2.33. The molecule has 96 valence electrons. The molecule has 0 saturated carbocycles. The molecule has 1 aliphatic heterocycles. The minimum atomic E-state index is 0.337. The van der Waals surface area contributed by atoms with E-state index in [1.165, 1.54) is 6.42 Å². The largest absolute Gasteiger partial charge is 0.366 e. The average Bonchev–Trinajstić information content (AvgIpc) is 2.38. The summed E-state index contributed by atoms with van der Waals surface area (Å²) in [6.45, 7) is 3.86. The lowest BCUT2D eigenvalue weighted by molar-refractivity contribution is 0.350. The Hall–Kier alpha value is -1.24. The first-order valence-electron chi connectivity index (χ1n) is 6.33. The van der Waals surface area contributed by atoms with Gasteiger partial charge < -0.3 is 10.6 Å². The molecule has 3 nitrogen and oxygen atoms in total. The van der Waals surface area contributed by atoms with E-state index in [0.717, 1.165) is 18.7 Å². The molecule has 2 N–H and O–H groups in total. The van der Waals surface area contributed by atoms with Gasteiger partial charge in [0.25, 0.3) is 0 Å². The van der Waals surface area contributed by atoms with Gasteiger partial charge in [0.05, 0.1) is 22.3 Å². The van der Waals surface area contributed by atoms with Gasteiger partial charge in [0.2, 0.25) is 0 Å². The lowest BCUT2D eigenvalue weighted by Gasteiger charge is -2.41. The molecule has 0 spiro atoms. The van der Waals surface area contributed by atoms with Gasteiger partial charge in [-0.15, -0.1) is 0 Å². The molecular weight excluding hydrogens is 246 g/mol. The predicted molar refractivity (Wildman–Crippen MR) is 74.8 cm³/mol. The van der Waals surface area contributed by atoms with Crippen molar-refractivity contribution in [2.45, 2.75) is 25.8 Å². The zero-order valence-electron chi connectivity index (χ0n) is 10.6. The summed E-state index contributed by atoms with van der Waals surface area (Å²) in [5, 5.41) is 9.50. The van der Waals surface area contributed by atoms with Crippen LogP contribution < -0.4 is 10.6 Å². The number of piperidine rings is 1. The summed E-state index contributed by atoms with van der Waals surface area (Å²) in [4.78, 5) is 2.29. The predicted octanol–water partition coefficient (Wildman–Crippen LogP) is 2.78. The smallest absolute Gasteiger partial charge is 0.0992 e. The molecule has 4 heteroatoms. The summed E-state index contributed by atoms with van der Waals surface area (Å²) >= 11 is 6.28. The molecule has 1 saturated heterocycles. The second-order valence-corrected chi connectivity index (χ2v) is 5.30. The lowest BCUT2D eigenvalue weighted by atomic mass is 9.90. The van der Waals surface area contributed by atoms with E-state index in [2.05, 4.69) is 17.9 Å². The molecule has 2 unspecified atom stereocenters. The Balaban J connectivity index is 2.32. The molecule has 2 rings (SSSR count). The maximum absolute atomic E-state index is 8.86. The number of nitrogens with two attached hydrogens (primary N) is 1. The Morgan fingerprint density at radius 1 is 1.56 bits per heavy atom. The van der Waals surface area contributed by atoms with E-state index in [4.69, 9.17) is 22.6 Å². The van der Waals surface area contributed by atoms with Crippen LogP contribution in [0.1, 0.15) is 25.3 Å². The normalized spacial score (nSPS) is 23.8. The molecule has 2 atom stereocenters. The minimum Gasteiger partial charge on any atom is -0.366 e. The average molecular weight is 264 g/mol. The lowest BCUT2D eigenvalue weighted by Crippen LogP contribution is -2.48. The van der Waals surface area contributed by atoms with Gasteiger partial charge in [-0.3, -0.25) is 0 Å². The van der Waals surface area contributed by atoms with E-state index in [1.54, 1.807) is 6.07 Å². The fourth-order valence-corrected chi connectivity index (χ4v) is 3.01. The molecule has 1 aromatic carbocycles. The van der Waals surface area contributed by atoms with Crippen molar-refractivity contribution in [1.82, 2.24) is 0 Å². The van der Waals surface area contributed by atoms with Gasteiger partial charge in [-0.05, 0) is 37.0 Å². The van der Waals surface area contributed by atoms with Gasteiger partial charge in [-0.25, -0.2) is 0 Å². The number of anilines is 1. The summed E-state index contributed by atoms with van der Waals surface area (Å²) in [6, 6.07) is 7.91. The molecule has 1 aliphatic rings. The van der Waals surface area contributed by atoms with E-state index in [9.17, 15) is 0 Å². The van der Waals surface area contributed by atoms with E-state index in [0.29, 0.717) is 29.1 Å². The molecule has 18 heavy (non-hydrogen) atoms. The second-order valence-electron chi connectivity index (χ2n) is 4.89. The fraction of sp³-hybridized carbons (Fsp3) is 0.500. The Kier molecular flexibility index (Phi) is 4.11. The summed E-state index contributed by atoms with van der Waals surface area (Å²) in [5.74, 6) is 0.579. The topological polar surface area (TPSA) is 53.0 Å². The van der Waals surface area contributed by atoms with Crippen LogP contribution in [0.3, 0.4) is 0 Å². The van der Waals surface area contributed by atoms with E-state index < -0.39 is 0 Å². The van der Waals surface area contributed by atoms with Crippen LogP contribution in [0, 0.1) is 17.2 Å². The molecule has 0 aliphatic carbocycles. The van der Waals surface area contributed by atoms with Crippen LogP contribution in [0.25, 0.3) is 0 Å². The fourth-order valence-electron chi connectivity index (χ4n) is 2.72. The molecule has 0 aromatic heterocycles. The Morgan fingerprint density at radius 2 is 2.33 bits per heavy atom. The van der Waals surface area contributed by atoms with Gasteiger partial charge >= 0.3 is 0 Å². The highest BCUT2D eigenvalue weighted by Gasteiger charge is 2.28. The third-order valence-electron chi connectivity index (χ3n) is 3.74. The Bertz CT molecular complexity index is 467. The summed E-state index contributed by atoms with van der Waals surface area (Å²) in [5.41, 5.74) is 7.48. The summed E-state index contributed by atoms with van der Waals surface area (Å²) in [7, 11) is 0. The quantitative estimate of drug-likeness (QED) is 0.893. The van der Waals surface area contributed by atoms with Crippen molar-refractivity contribution in [3.8, 4) is 6.07 Å². The van der Waals surface area contributed by atoms with E-state index >= 15 is 0 Å². The van der Waals surface area contributed by atoms with E-state index in [-0.39, 0.29) is 0 Å². The van der Waals surface area contributed by atoms with E-state index in [1.807, 2.05) is 12.1 Å². The zero-order chi connectivity index (χ0) is 13.1. The molecule has 0 radical (unpaired) electrons. The van der Waals surface area contributed by atoms with Gasteiger partial charge in [-0.2, -0.15) is 5.26 Å². The van der Waals surface area contributed by atoms with Crippen molar-refractivity contribution in [3.63, 3.8) is 0 Å². The highest BCUT2D eigenvalue weighted by molar-refractivity contribution is 6.33. The summed E-state index contributed by atoms with van der Waals surface area (Å²) < 4.78 is 0. The third kappa shape index (κ3) is 2.45. The van der Waals surface area contributed by atoms with Crippen molar-refractivity contribution >= 4 is 17.3 Å². The number of benzene rings is 1. The number of hydrogen-bond donors (Lipinski definition) is 1. The maximum Gasteiger partial charge on any atom is 0.0992 e. The van der Waals surface area contributed by atoms with Crippen molar-refractivity contribution < 1.29 is 0 Å². The monoisotopic (exact) mass is 263 g/mol. The van der Waals surface area contributed by atoms with Crippen LogP contribution in [0.2, 0.25) is 5.02 Å². The first kappa shape index (κ1) is 13.2. The number of nitriles is 1. The van der Waals surface area contributed by atoms with Crippen LogP contribution >= 0.6 is 11.6 Å². The van der Waals surface area contributed by atoms with Crippen LogP contribution in [0.5, 0.6) is 0 Å². The molecule has 1 heterocycles. The van der Waals surface area contributed by atoms with Gasteiger partial charge in [-0.1, -0.05) is 18.5 Å². The van der Waals surface area contributed by atoms with Gasteiger partial charge in [0, 0.05) is 19.1 Å². The van der Waals surface area contributed by atoms with Gasteiger partial charge in [0.1, 0.15) is 0 Å². The van der Waals surface area contributed by atoms with Gasteiger partial charge in [0.15, 0.2) is 0 Å². The SMILES string of the molecule is CC1CCCN(c2ccc(C#N)cc2Cl)C1CN. The van der Waals surface area contributed by atoms with Crippen LogP contribution in [-0.4, -0.2) is 19.1 Å². The highest BCUT2D eigenvalue weighted by atomic mass is 35.5. The van der Waals surface area contributed by atoms with Crippen LogP contribution in [-0.2, 0) is 0 Å². The first-order valence-corrected chi connectivity index (χ1v) is 6.71. The number of hydrogen-bond acceptors (Lipinski definition) is 3. The molecule has 0 amide bonds. The number of nitrogens with zero attached hydrogens (tertiary/aromatic N) is 2. The van der Waals surface area contributed by atoms with Crippen LogP contribution in [0.4, 0.5) is 5.69 Å². The molecular formula is C14H18ClN3. The standard InChI is InChI=1S/C14H18ClN3/c1-10-3-2-6-18(14(10)9-17)13-5-4-11(8-16)7-12(13)15/h4-5,7,10,14H,2-3,6,9,17H2,1H3. The molecule has 1 aromatic rings. The molecule has 0 bridgehead atoms. The van der Waals surface area contributed by atoms with Crippen molar-refractivity contribution in [2.24, 2.45) is 11.7 Å². The maximum atomic E-state index is 8.86. The van der Waals surface area contributed by atoms with Crippen molar-refractivity contribution in [1.29, 1.82) is 5.26 Å². The minimum absolute atomic E-state index is 0.337. The van der Waals surface area contributed by atoms with Crippen molar-refractivity contribution in [2.75, 3.05) is 18.0 Å². The summed E-state index contributed by atoms with van der Waals surface area (Å²) in [6.07, 6.45) is 2.38. The second kappa shape index (κ2) is 5.60. The third-order valence-corrected chi connectivity index (χ3v) is 4.05. The number of rotatable bonds is 2. The Labute approximate surface area is 113 Å². The number of halogens is 1.